The molecule has 23 heavy (non-hydrogen) atoms. The molecule has 1 rings (SSSR count). The van der Waals surface area contributed by atoms with Crippen molar-refractivity contribution in [3.63, 3.8) is 0 Å². The molecule has 1 aromatic carbocycles. The second-order valence-corrected chi connectivity index (χ2v) is 5.15. The van der Waals surface area contributed by atoms with Gasteiger partial charge >= 0.3 is 12.1 Å². The van der Waals surface area contributed by atoms with Crippen LogP contribution in [0.25, 0.3) is 6.08 Å². The molecule has 0 aromatic heterocycles. The fourth-order valence-corrected chi connectivity index (χ4v) is 1.59. The first kappa shape index (κ1) is 18.7. The van der Waals surface area contributed by atoms with Gasteiger partial charge in [0.1, 0.15) is 6.54 Å². The third-order valence-corrected chi connectivity index (χ3v) is 2.85. The Balaban J connectivity index is 2.39. The minimum Gasteiger partial charge on any atom is -0.452 e. The van der Waals surface area contributed by atoms with Crippen LogP contribution in [0.5, 0.6) is 0 Å². The average molecular weight is 329 g/mol. The van der Waals surface area contributed by atoms with Gasteiger partial charge in [-0.05, 0) is 23.1 Å². The number of nitrogens with one attached hydrogen (secondary N) is 1. The van der Waals surface area contributed by atoms with E-state index >= 15 is 0 Å². The SMILES string of the molecule is CC(C)c1ccc(C=CC(=O)OCC(=O)NCC(F)(F)F)cc1. The summed E-state index contributed by atoms with van der Waals surface area (Å²) in [5, 5.41) is 1.60. The maximum atomic E-state index is 11.9. The van der Waals surface area contributed by atoms with Gasteiger partial charge in [-0.3, -0.25) is 4.79 Å². The number of carbonyl (C=O) groups is 2. The maximum Gasteiger partial charge on any atom is 0.405 e. The monoisotopic (exact) mass is 329 g/mol. The quantitative estimate of drug-likeness (QED) is 0.645. The number of ether oxygens (including phenoxy) is 1. The molecule has 0 unspecified atom stereocenters. The number of hydrogen-bond donors (Lipinski definition) is 1. The largest absolute Gasteiger partial charge is 0.452 e. The van der Waals surface area contributed by atoms with Crippen molar-refractivity contribution in [3.05, 3.63) is 41.5 Å². The highest BCUT2D eigenvalue weighted by Gasteiger charge is 2.27. The van der Waals surface area contributed by atoms with Crippen LogP contribution in [0.1, 0.15) is 30.9 Å². The van der Waals surface area contributed by atoms with Gasteiger partial charge in [0.2, 0.25) is 0 Å². The van der Waals surface area contributed by atoms with Gasteiger partial charge in [0.05, 0.1) is 0 Å². The molecule has 4 nitrogen and oxygen atoms in total. The van der Waals surface area contributed by atoms with Crippen molar-refractivity contribution in [1.82, 2.24) is 5.32 Å². The van der Waals surface area contributed by atoms with Crippen molar-refractivity contribution < 1.29 is 27.5 Å². The van der Waals surface area contributed by atoms with Crippen molar-refractivity contribution in [1.29, 1.82) is 0 Å². The zero-order valence-electron chi connectivity index (χ0n) is 12.8. The van der Waals surface area contributed by atoms with E-state index in [2.05, 4.69) is 18.6 Å². The molecule has 0 aliphatic heterocycles. The topological polar surface area (TPSA) is 55.4 Å². The van der Waals surface area contributed by atoms with Gasteiger partial charge in [-0.2, -0.15) is 13.2 Å². The second-order valence-electron chi connectivity index (χ2n) is 5.15. The first-order chi connectivity index (χ1) is 10.7. The predicted octanol–water partition coefficient (Wildman–Crippen LogP) is 3.04. The Kier molecular flexibility index (Phi) is 6.81. The fourth-order valence-electron chi connectivity index (χ4n) is 1.59. The van der Waals surface area contributed by atoms with Crippen molar-refractivity contribution in [2.45, 2.75) is 25.9 Å². The number of esters is 1. The van der Waals surface area contributed by atoms with E-state index < -0.39 is 31.2 Å². The predicted molar refractivity (Wildman–Crippen MR) is 79.6 cm³/mol. The third kappa shape index (κ3) is 8.04. The van der Waals surface area contributed by atoms with Crippen LogP contribution in [0.15, 0.2) is 30.3 Å². The summed E-state index contributed by atoms with van der Waals surface area (Å²) in [6, 6.07) is 7.52. The molecule has 0 saturated heterocycles. The van der Waals surface area contributed by atoms with Crippen LogP contribution < -0.4 is 5.32 Å². The Bertz CT molecular complexity index is 563. The molecular weight excluding hydrogens is 311 g/mol. The first-order valence-electron chi connectivity index (χ1n) is 6.95. The number of benzene rings is 1. The zero-order chi connectivity index (χ0) is 17.5. The van der Waals surface area contributed by atoms with Gasteiger partial charge in [0.25, 0.3) is 5.91 Å². The van der Waals surface area contributed by atoms with E-state index in [1.807, 2.05) is 24.3 Å². The molecule has 0 fully saturated rings. The molecule has 0 heterocycles. The number of rotatable bonds is 6. The number of amides is 1. The Morgan fingerprint density at radius 1 is 1.22 bits per heavy atom. The van der Waals surface area contributed by atoms with Gasteiger partial charge in [0, 0.05) is 6.08 Å². The highest BCUT2D eigenvalue weighted by molar-refractivity contribution is 5.89. The smallest absolute Gasteiger partial charge is 0.405 e. The second kappa shape index (κ2) is 8.36. The molecule has 1 aromatic rings. The van der Waals surface area contributed by atoms with Crippen molar-refractivity contribution >= 4 is 18.0 Å². The lowest BCUT2D eigenvalue weighted by atomic mass is 10.0. The highest BCUT2D eigenvalue weighted by atomic mass is 19.4. The average Bonchev–Trinajstić information content (AvgIpc) is 2.48. The Labute approximate surface area is 132 Å². The molecule has 0 aliphatic rings. The molecular formula is C16H18F3NO3. The van der Waals surface area contributed by atoms with Crippen molar-refractivity contribution in [2.24, 2.45) is 0 Å². The third-order valence-electron chi connectivity index (χ3n) is 2.85. The highest BCUT2D eigenvalue weighted by Crippen LogP contribution is 2.15. The molecule has 126 valence electrons. The van der Waals surface area contributed by atoms with E-state index in [4.69, 9.17) is 0 Å². The summed E-state index contributed by atoms with van der Waals surface area (Å²) in [7, 11) is 0. The molecule has 7 heteroatoms. The lowest BCUT2D eigenvalue weighted by molar-refractivity contribution is -0.148. The lowest BCUT2D eigenvalue weighted by Crippen LogP contribution is -2.36. The molecule has 0 aliphatic carbocycles. The van der Waals surface area contributed by atoms with Gasteiger partial charge < -0.3 is 10.1 Å². The number of carbonyl (C=O) groups excluding carboxylic acids is 2. The normalized spacial score (nSPS) is 11.7. The number of hydrogen-bond acceptors (Lipinski definition) is 3. The molecule has 0 bridgehead atoms. The lowest BCUT2D eigenvalue weighted by Gasteiger charge is -2.08. The summed E-state index contributed by atoms with van der Waals surface area (Å²) in [5.74, 6) is -1.42. The van der Waals surface area contributed by atoms with Crippen LogP contribution in [-0.4, -0.2) is 31.2 Å². The van der Waals surface area contributed by atoms with E-state index in [0.29, 0.717) is 5.92 Å². The van der Waals surface area contributed by atoms with Gasteiger partial charge in [-0.25, -0.2) is 4.79 Å². The Hall–Kier alpha value is -2.31. The zero-order valence-corrected chi connectivity index (χ0v) is 12.8. The van der Waals surface area contributed by atoms with E-state index in [1.165, 1.54) is 6.08 Å². The molecule has 0 spiro atoms. The molecule has 0 saturated carbocycles. The van der Waals surface area contributed by atoms with Crippen LogP contribution in [0.3, 0.4) is 0 Å². The summed E-state index contributed by atoms with van der Waals surface area (Å²) < 4.78 is 40.2. The fraction of sp³-hybridized carbons (Fsp3) is 0.375. The van der Waals surface area contributed by atoms with Crippen LogP contribution >= 0.6 is 0 Å². The van der Waals surface area contributed by atoms with Crippen LogP contribution in [0.2, 0.25) is 0 Å². The maximum absolute atomic E-state index is 11.9. The molecule has 0 radical (unpaired) electrons. The van der Waals surface area contributed by atoms with Crippen LogP contribution in [0.4, 0.5) is 13.2 Å². The van der Waals surface area contributed by atoms with Crippen molar-refractivity contribution in [2.75, 3.05) is 13.2 Å². The summed E-state index contributed by atoms with van der Waals surface area (Å²) >= 11 is 0. The van der Waals surface area contributed by atoms with Crippen molar-refractivity contribution in [3.8, 4) is 0 Å². The number of halogens is 3. The van der Waals surface area contributed by atoms with Gasteiger partial charge in [-0.15, -0.1) is 0 Å². The molecule has 1 amide bonds. The van der Waals surface area contributed by atoms with Crippen LogP contribution in [-0.2, 0) is 14.3 Å². The van der Waals surface area contributed by atoms with E-state index in [-0.39, 0.29) is 0 Å². The summed E-state index contributed by atoms with van der Waals surface area (Å²) in [6.07, 6.45) is -1.89. The van der Waals surface area contributed by atoms with E-state index in [9.17, 15) is 22.8 Å². The minimum absolute atomic E-state index is 0.396. The summed E-state index contributed by atoms with van der Waals surface area (Å²) in [6.45, 7) is 1.91. The van der Waals surface area contributed by atoms with E-state index in [0.717, 1.165) is 17.2 Å². The van der Waals surface area contributed by atoms with Gasteiger partial charge in [0.15, 0.2) is 6.61 Å². The first-order valence-corrected chi connectivity index (χ1v) is 6.95. The summed E-state index contributed by atoms with van der Waals surface area (Å²) in [5.41, 5.74) is 1.93. The van der Waals surface area contributed by atoms with Gasteiger partial charge in [-0.1, -0.05) is 38.1 Å². The summed E-state index contributed by atoms with van der Waals surface area (Å²) in [4.78, 5) is 22.4. The van der Waals surface area contributed by atoms with Crippen LogP contribution in [0, 0.1) is 0 Å². The minimum atomic E-state index is -4.50. The standard InChI is InChI=1S/C16H18F3NO3/c1-11(2)13-6-3-12(4-7-13)5-8-15(22)23-9-14(21)20-10-16(17,18)19/h3-8,11H,9-10H2,1-2H3,(H,20,21). The molecule has 0 atom stereocenters. The Morgan fingerprint density at radius 2 is 1.83 bits per heavy atom. The van der Waals surface area contributed by atoms with E-state index in [1.54, 1.807) is 5.32 Å². The Morgan fingerprint density at radius 3 is 2.35 bits per heavy atom. The number of alkyl halides is 3. The molecule has 1 N–H and O–H groups in total.